The first-order valence-corrected chi connectivity index (χ1v) is 9.20. The lowest BCUT2D eigenvalue weighted by Gasteiger charge is -2.16. The van der Waals surface area contributed by atoms with E-state index in [1.54, 1.807) is 0 Å². The maximum Gasteiger partial charge on any atom is 0.169 e. The van der Waals surface area contributed by atoms with Crippen molar-refractivity contribution in [3.8, 4) is 11.5 Å². The molecule has 3 aromatic carbocycles. The summed E-state index contributed by atoms with van der Waals surface area (Å²) in [5, 5.41) is 4.58. The molecular formula is C22H26O4. The van der Waals surface area contributed by atoms with E-state index >= 15 is 0 Å². The molecule has 4 heteroatoms. The smallest absolute Gasteiger partial charge is 0.169 e. The van der Waals surface area contributed by atoms with Crippen molar-refractivity contribution >= 4 is 21.5 Å². The number of benzene rings is 3. The van der Waals surface area contributed by atoms with Gasteiger partial charge in [-0.15, -0.1) is 0 Å². The van der Waals surface area contributed by atoms with Gasteiger partial charge in [-0.2, -0.15) is 0 Å². The Hall–Kier alpha value is -2.30. The molecule has 0 saturated carbocycles. The van der Waals surface area contributed by atoms with Gasteiger partial charge in [-0.3, -0.25) is 0 Å². The van der Waals surface area contributed by atoms with Crippen LogP contribution in [0.2, 0.25) is 0 Å². The molecule has 0 aliphatic carbocycles. The van der Waals surface area contributed by atoms with Gasteiger partial charge in [0.25, 0.3) is 0 Å². The molecular weight excluding hydrogens is 328 g/mol. The first-order chi connectivity index (χ1) is 12.8. The van der Waals surface area contributed by atoms with E-state index < -0.39 is 0 Å². The molecule has 0 aromatic heterocycles. The molecule has 0 saturated heterocycles. The predicted octanol–water partition coefficient (Wildman–Crippen LogP) is 4.82. The van der Waals surface area contributed by atoms with Crippen molar-refractivity contribution in [2.75, 3.05) is 39.6 Å². The van der Waals surface area contributed by atoms with Gasteiger partial charge in [-0.25, -0.2) is 0 Å². The van der Waals surface area contributed by atoms with E-state index in [2.05, 4.69) is 36.4 Å². The van der Waals surface area contributed by atoms with Crippen LogP contribution in [-0.4, -0.2) is 39.6 Å². The van der Waals surface area contributed by atoms with Crippen LogP contribution in [0, 0.1) is 0 Å². The van der Waals surface area contributed by atoms with Gasteiger partial charge in [0, 0.05) is 18.6 Å². The topological polar surface area (TPSA) is 36.9 Å². The van der Waals surface area contributed by atoms with Crippen molar-refractivity contribution in [1.82, 2.24) is 0 Å². The monoisotopic (exact) mass is 354 g/mol. The Morgan fingerprint density at radius 2 is 1.31 bits per heavy atom. The molecule has 3 rings (SSSR count). The van der Waals surface area contributed by atoms with Gasteiger partial charge < -0.3 is 18.9 Å². The molecule has 0 spiro atoms. The van der Waals surface area contributed by atoms with Crippen LogP contribution in [0.25, 0.3) is 21.5 Å². The summed E-state index contributed by atoms with van der Waals surface area (Å²) < 4.78 is 22.8. The first-order valence-electron chi connectivity index (χ1n) is 9.20. The molecule has 0 radical (unpaired) electrons. The summed E-state index contributed by atoms with van der Waals surface area (Å²) in [7, 11) is 0. The minimum absolute atomic E-state index is 0.488. The minimum Gasteiger partial charge on any atom is -0.487 e. The SMILES string of the molecule is CCOCCOc1ccc2cc3ccccc3cc2c1OCCOCC. The zero-order valence-electron chi connectivity index (χ0n) is 15.5. The van der Waals surface area contributed by atoms with Crippen LogP contribution >= 0.6 is 0 Å². The number of hydrogen-bond donors (Lipinski definition) is 0. The van der Waals surface area contributed by atoms with Crippen LogP contribution in [0.3, 0.4) is 0 Å². The van der Waals surface area contributed by atoms with Gasteiger partial charge in [-0.1, -0.05) is 30.3 Å². The van der Waals surface area contributed by atoms with Crippen molar-refractivity contribution in [2.24, 2.45) is 0 Å². The molecule has 0 heterocycles. The van der Waals surface area contributed by atoms with Crippen LogP contribution in [0.15, 0.2) is 48.5 Å². The van der Waals surface area contributed by atoms with Crippen LogP contribution in [0.4, 0.5) is 0 Å². The normalized spacial score (nSPS) is 11.2. The highest BCUT2D eigenvalue weighted by Gasteiger charge is 2.12. The average Bonchev–Trinajstić information content (AvgIpc) is 2.68. The van der Waals surface area contributed by atoms with Gasteiger partial charge in [-0.05, 0) is 48.2 Å². The first kappa shape index (κ1) is 18.5. The number of rotatable bonds is 10. The van der Waals surface area contributed by atoms with Crippen molar-refractivity contribution in [3.63, 3.8) is 0 Å². The molecule has 3 aromatic rings. The molecule has 0 N–H and O–H groups in total. The Balaban J connectivity index is 1.94. The highest BCUT2D eigenvalue weighted by Crippen LogP contribution is 2.37. The van der Waals surface area contributed by atoms with Crippen LogP contribution in [0.1, 0.15) is 13.8 Å². The van der Waals surface area contributed by atoms with E-state index in [1.165, 1.54) is 10.8 Å². The van der Waals surface area contributed by atoms with Crippen molar-refractivity contribution in [1.29, 1.82) is 0 Å². The van der Waals surface area contributed by atoms with Crippen LogP contribution in [-0.2, 0) is 9.47 Å². The predicted molar refractivity (Wildman–Crippen MR) is 105 cm³/mol. The Morgan fingerprint density at radius 1 is 0.654 bits per heavy atom. The molecule has 26 heavy (non-hydrogen) atoms. The van der Waals surface area contributed by atoms with Crippen LogP contribution < -0.4 is 9.47 Å². The fraction of sp³-hybridized carbons (Fsp3) is 0.364. The fourth-order valence-corrected chi connectivity index (χ4v) is 2.93. The molecule has 0 aliphatic rings. The Morgan fingerprint density at radius 3 is 2.00 bits per heavy atom. The van der Waals surface area contributed by atoms with Gasteiger partial charge >= 0.3 is 0 Å². The molecule has 0 bridgehead atoms. The highest BCUT2D eigenvalue weighted by atomic mass is 16.6. The van der Waals surface area contributed by atoms with E-state index in [9.17, 15) is 0 Å². The summed E-state index contributed by atoms with van der Waals surface area (Å²) >= 11 is 0. The Kier molecular flexibility index (Phi) is 6.69. The Labute approximate surface area is 154 Å². The standard InChI is InChI=1S/C22H26O4/c1-3-23-11-13-25-21-10-9-19-15-17-7-5-6-8-18(17)16-20(19)22(21)26-14-12-24-4-2/h5-10,15-16H,3-4,11-14H2,1-2H3. The second-order valence-corrected chi connectivity index (χ2v) is 5.90. The second-order valence-electron chi connectivity index (χ2n) is 5.90. The van der Waals surface area contributed by atoms with Gasteiger partial charge in [0.1, 0.15) is 13.2 Å². The summed E-state index contributed by atoms with van der Waals surface area (Å²) in [6.07, 6.45) is 0. The summed E-state index contributed by atoms with van der Waals surface area (Å²) in [5.74, 6) is 1.51. The van der Waals surface area contributed by atoms with Gasteiger partial charge in [0.2, 0.25) is 0 Å². The molecule has 0 amide bonds. The van der Waals surface area contributed by atoms with Crippen molar-refractivity contribution in [2.45, 2.75) is 13.8 Å². The third-order valence-corrected chi connectivity index (χ3v) is 4.17. The summed E-state index contributed by atoms with van der Waals surface area (Å²) in [4.78, 5) is 0. The van der Waals surface area contributed by atoms with Crippen molar-refractivity contribution in [3.05, 3.63) is 48.5 Å². The zero-order chi connectivity index (χ0) is 18.2. The number of hydrogen-bond acceptors (Lipinski definition) is 4. The van der Waals surface area contributed by atoms with Crippen LogP contribution in [0.5, 0.6) is 11.5 Å². The third-order valence-electron chi connectivity index (χ3n) is 4.17. The maximum atomic E-state index is 6.07. The van der Waals surface area contributed by atoms with E-state index in [0.29, 0.717) is 39.6 Å². The van der Waals surface area contributed by atoms with Gasteiger partial charge in [0.15, 0.2) is 11.5 Å². The maximum absolute atomic E-state index is 6.07. The van der Waals surface area contributed by atoms with Gasteiger partial charge in [0.05, 0.1) is 13.2 Å². The van der Waals surface area contributed by atoms with E-state index in [1.807, 2.05) is 26.0 Å². The molecule has 138 valence electrons. The Bertz CT molecular complexity index is 844. The quantitative estimate of drug-likeness (QED) is 0.386. The number of ether oxygens (including phenoxy) is 4. The summed E-state index contributed by atoms with van der Waals surface area (Å²) in [6.45, 7) is 7.42. The number of fused-ring (bicyclic) bond motifs is 2. The lowest BCUT2D eigenvalue weighted by atomic mass is 10.0. The zero-order valence-corrected chi connectivity index (χ0v) is 15.5. The molecule has 0 aliphatic heterocycles. The van der Waals surface area contributed by atoms with Crippen molar-refractivity contribution < 1.29 is 18.9 Å². The fourth-order valence-electron chi connectivity index (χ4n) is 2.93. The average molecular weight is 354 g/mol. The summed E-state index contributed by atoms with van der Waals surface area (Å²) in [5.41, 5.74) is 0. The minimum atomic E-state index is 0.488. The van der Waals surface area contributed by atoms with E-state index in [-0.39, 0.29) is 0 Å². The molecule has 4 nitrogen and oxygen atoms in total. The summed E-state index contributed by atoms with van der Waals surface area (Å²) in [6, 6.07) is 16.7. The van der Waals surface area contributed by atoms with E-state index in [0.717, 1.165) is 22.3 Å². The van der Waals surface area contributed by atoms with E-state index in [4.69, 9.17) is 18.9 Å². The highest BCUT2D eigenvalue weighted by molar-refractivity contribution is 6.01. The third kappa shape index (κ3) is 4.45. The largest absolute Gasteiger partial charge is 0.487 e. The second kappa shape index (κ2) is 9.41. The molecule has 0 fully saturated rings. The lowest BCUT2D eigenvalue weighted by molar-refractivity contribution is 0.100. The lowest BCUT2D eigenvalue weighted by Crippen LogP contribution is -2.10. The molecule has 0 atom stereocenters. The molecule has 0 unspecified atom stereocenters.